The van der Waals surface area contributed by atoms with Gasteiger partial charge in [-0.05, 0) is 38.2 Å². The van der Waals surface area contributed by atoms with E-state index in [1.54, 1.807) is 0 Å². The van der Waals surface area contributed by atoms with Gasteiger partial charge in [0.15, 0.2) is 0 Å². The van der Waals surface area contributed by atoms with Gasteiger partial charge in [-0.3, -0.25) is 0 Å². The number of likely N-dealkylation sites (N-methyl/N-ethyl adjacent to an activating group) is 1. The van der Waals surface area contributed by atoms with Crippen molar-refractivity contribution < 1.29 is 14.6 Å². The normalized spacial score (nSPS) is 10.6. The Labute approximate surface area is 103 Å². The highest BCUT2D eigenvalue weighted by Gasteiger charge is 1.99. The van der Waals surface area contributed by atoms with Crippen LogP contribution < -0.4 is 9.47 Å². The third kappa shape index (κ3) is 5.56. The molecule has 4 nitrogen and oxygen atoms in total. The van der Waals surface area contributed by atoms with Crippen LogP contribution >= 0.6 is 0 Å². The topological polar surface area (TPSA) is 41.9 Å². The lowest BCUT2D eigenvalue weighted by molar-refractivity contribution is 0.192. The zero-order valence-corrected chi connectivity index (χ0v) is 10.6. The summed E-state index contributed by atoms with van der Waals surface area (Å²) in [6.07, 6.45) is 0. The lowest BCUT2D eigenvalue weighted by Crippen LogP contribution is -2.27. The molecule has 0 atom stereocenters. The van der Waals surface area contributed by atoms with Crippen LogP contribution in [0.15, 0.2) is 24.3 Å². The maximum atomic E-state index is 8.74. The van der Waals surface area contributed by atoms with Crippen molar-refractivity contribution >= 4 is 0 Å². The van der Waals surface area contributed by atoms with Gasteiger partial charge in [0.05, 0.1) is 13.2 Å². The smallest absolute Gasteiger partial charge is 0.119 e. The minimum atomic E-state index is 0.180. The van der Waals surface area contributed by atoms with Crippen LogP contribution in [0.2, 0.25) is 0 Å². The predicted octanol–water partition coefficient (Wildman–Crippen LogP) is 1.39. The van der Waals surface area contributed by atoms with E-state index in [4.69, 9.17) is 14.6 Å². The second kappa shape index (κ2) is 7.92. The largest absolute Gasteiger partial charge is 0.494 e. The molecule has 0 fully saturated rings. The lowest BCUT2D eigenvalue weighted by atomic mass is 10.3. The van der Waals surface area contributed by atoms with E-state index in [0.717, 1.165) is 18.0 Å². The highest BCUT2D eigenvalue weighted by atomic mass is 16.5. The first-order valence-corrected chi connectivity index (χ1v) is 5.91. The van der Waals surface area contributed by atoms with E-state index in [-0.39, 0.29) is 6.61 Å². The van der Waals surface area contributed by atoms with Crippen LogP contribution in [0.5, 0.6) is 11.5 Å². The average molecular weight is 239 g/mol. The maximum Gasteiger partial charge on any atom is 0.119 e. The SMILES string of the molecule is CCOc1ccc(OCCN(C)CCO)cc1. The molecule has 0 aliphatic carbocycles. The standard InChI is InChI=1S/C13H21NO3/c1-3-16-12-4-6-13(7-5-12)17-11-9-14(2)8-10-15/h4-7,15H,3,8-11H2,1-2H3. The van der Waals surface area contributed by atoms with Crippen LogP contribution in [-0.4, -0.2) is 50.0 Å². The Morgan fingerprint density at radius 2 is 1.65 bits per heavy atom. The Kier molecular flexibility index (Phi) is 6.43. The van der Waals surface area contributed by atoms with Crippen molar-refractivity contribution in [1.29, 1.82) is 0 Å². The summed E-state index contributed by atoms with van der Waals surface area (Å²) >= 11 is 0. The van der Waals surface area contributed by atoms with E-state index >= 15 is 0 Å². The molecular weight excluding hydrogens is 218 g/mol. The van der Waals surface area contributed by atoms with Gasteiger partial charge in [-0.25, -0.2) is 0 Å². The number of benzene rings is 1. The van der Waals surface area contributed by atoms with E-state index in [2.05, 4.69) is 0 Å². The van der Waals surface area contributed by atoms with Gasteiger partial charge < -0.3 is 19.5 Å². The first-order chi connectivity index (χ1) is 8.26. The lowest BCUT2D eigenvalue weighted by Gasteiger charge is -2.15. The highest BCUT2D eigenvalue weighted by Crippen LogP contribution is 2.17. The number of nitrogens with zero attached hydrogens (tertiary/aromatic N) is 1. The van der Waals surface area contributed by atoms with Crippen LogP contribution in [0.4, 0.5) is 0 Å². The molecule has 0 unspecified atom stereocenters. The average Bonchev–Trinajstić information content (AvgIpc) is 2.32. The molecule has 0 heterocycles. The molecule has 4 heteroatoms. The zero-order valence-electron chi connectivity index (χ0n) is 10.6. The van der Waals surface area contributed by atoms with Crippen molar-refractivity contribution in [2.75, 3.05) is 40.0 Å². The molecule has 0 aliphatic heterocycles. The summed E-state index contributed by atoms with van der Waals surface area (Å²) in [5, 5.41) is 8.74. The Balaban J connectivity index is 2.27. The Bertz CT molecular complexity index is 300. The summed E-state index contributed by atoms with van der Waals surface area (Å²) in [5.74, 6) is 1.70. The molecule has 1 aromatic carbocycles. The van der Waals surface area contributed by atoms with Crippen molar-refractivity contribution in [1.82, 2.24) is 4.90 Å². The van der Waals surface area contributed by atoms with Crippen molar-refractivity contribution in [2.45, 2.75) is 6.92 Å². The summed E-state index contributed by atoms with van der Waals surface area (Å²) in [5.41, 5.74) is 0. The van der Waals surface area contributed by atoms with Crippen molar-refractivity contribution in [3.8, 4) is 11.5 Å². The predicted molar refractivity (Wildman–Crippen MR) is 67.7 cm³/mol. The molecule has 96 valence electrons. The molecule has 0 saturated carbocycles. The van der Waals surface area contributed by atoms with Crippen molar-refractivity contribution in [3.63, 3.8) is 0 Å². The Hall–Kier alpha value is -1.26. The van der Waals surface area contributed by atoms with E-state index in [1.807, 2.05) is 43.1 Å². The van der Waals surface area contributed by atoms with E-state index in [9.17, 15) is 0 Å². The molecule has 1 N–H and O–H groups in total. The third-order valence-electron chi connectivity index (χ3n) is 2.36. The van der Waals surface area contributed by atoms with Crippen molar-refractivity contribution in [2.24, 2.45) is 0 Å². The Morgan fingerprint density at radius 3 is 2.18 bits per heavy atom. The van der Waals surface area contributed by atoms with Crippen LogP contribution in [0.3, 0.4) is 0 Å². The molecule has 0 aliphatic rings. The summed E-state index contributed by atoms with van der Waals surface area (Å²) in [6, 6.07) is 7.60. The van der Waals surface area contributed by atoms with Gasteiger partial charge in [0.25, 0.3) is 0 Å². The summed E-state index contributed by atoms with van der Waals surface area (Å²) in [4.78, 5) is 2.02. The number of hydrogen-bond donors (Lipinski definition) is 1. The first-order valence-electron chi connectivity index (χ1n) is 5.91. The van der Waals surface area contributed by atoms with Gasteiger partial charge in [0.2, 0.25) is 0 Å². The van der Waals surface area contributed by atoms with Crippen molar-refractivity contribution in [3.05, 3.63) is 24.3 Å². The molecule has 0 saturated heterocycles. The molecule has 17 heavy (non-hydrogen) atoms. The van der Waals surface area contributed by atoms with Crippen LogP contribution in [0, 0.1) is 0 Å². The monoisotopic (exact) mass is 239 g/mol. The van der Waals surface area contributed by atoms with Crippen LogP contribution in [-0.2, 0) is 0 Å². The first kappa shape index (κ1) is 13.8. The van der Waals surface area contributed by atoms with E-state index in [0.29, 0.717) is 19.8 Å². The Morgan fingerprint density at radius 1 is 1.06 bits per heavy atom. The van der Waals surface area contributed by atoms with Crippen LogP contribution in [0.1, 0.15) is 6.92 Å². The molecule has 0 aromatic heterocycles. The second-order valence-electron chi connectivity index (χ2n) is 3.78. The number of aliphatic hydroxyl groups excluding tert-OH is 1. The summed E-state index contributed by atoms with van der Waals surface area (Å²) in [6.45, 7) is 4.90. The molecule has 0 spiro atoms. The summed E-state index contributed by atoms with van der Waals surface area (Å²) < 4.78 is 10.9. The highest BCUT2D eigenvalue weighted by molar-refractivity contribution is 5.31. The molecule has 0 amide bonds. The fourth-order valence-corrected chi connectivity index (χ4v) is 1.40. The minimum Gasteiger partial charge on any atom is -0.494 e. The van der Waals surface area contributed by atoms with Gasteiger partial charge in [-0.15, -0.1) is 0 Å². The van der Waals surface area contributed by atoms with Gasteiger partial charge in [0, 0.05) is 13.1 Å². The third-order valence-corrected chi connectivity index (χ3v) is 2.36. The molecule has 1 rings (SSSR count). The van der Waals surface area contributed by atoms with Crippen LogP contribution in [0.25, 0.3) is 0 Å². The maximum absolute atomic E-state index is 8.74. The molecule has 0 bridgehead atoms. The van der Waals surface area contributed by atoms with E-state index in [1.165, 1.54) is 0 Å². The number of hydrogen-bond acceptors (Lipinski definition) is 4. The van der Waals surface area contributed by atoms with Gasteiger partial charge >= 0.3 is 0 Å². The van der Waals surface area contributed by atoms with Gasteiger partial charge in [0.1, 0.15) is 18.1 Å². The summed E-state index contributed by atoms with van der Waals surface area (Å²) in [7, 11) is 1.96. The second-order valence-corrected chi connectivity index (χ2v) is 3.78. The van der Waals surface area contributed by atoms with Gasteiger partial charge in [-0.2, -0.15) is 0 Å². The number of rotatable bonds is 8. The number of ether oxygens (including phenoxy) is 2. The fourth-order valence-electron chi connectivity index (χ4n) is 1.40. The zero-order chi connectivity index (χ0) is 12.5. The molecule has 1 aromatic rings. The molecule has 0 radical (unpaired) electrons. The fraction of sp³-hybridized carbons (Fsp3) is 0.538. The van der Waals surface area contributed by atoms with Gasteiger partial charge in [-0.1, -0.05) is 0 Å². The number of aliphatic hydroxyl groups is 1. The molecular formula is C13H21NO3. The van der Waals surface area contributed by atoms with E-state index < -0.39 is 0 Å². The quantitative estimate of drug-likeness (QED) is 0.744. The minimum absolute atomic E-state index is 0.180.